The van der Waals surface area contributed by atoms with Crippen molar-refractivity contribution >= 4 is 17.7 Å². The molecule has 31 heavy (non-hydrogen) atoms. The number of nitrogens with zero attached hydrogens (tertiary/aromatic N) is 1. The van der Waals surface area contributed by atoms with E-state index in [1.165, 1.54) is 6.07 Å². The molecule has 7 heteroatoms. The van der Waals surface area contributed by atoms with Gasteiger partial charge >= 0.3 is 5.97 Å². The first-order valence-corrected chi connectivity index (χ1v) is 10.5. The van der Waals surface area contributed by atoms with Crippen LogP contribution in [0.3, 0.4) is 0 Å². The van der Waals surface area contributed by atoms with Crippen LogP contribution in [0.2, 0.25) is 0 Å². The number of fused-ring (bicyclic) bond motifs is 1. The highest BCUT2D eigenvalue weighted by Gasteiger charge is 2.26. The van der Waals surface area contributed by atoms with Crippen molar-refractivity contribution in [2.75, 3.05) is 26.4 Å². The van der Waals surface area contributed by atoms with E-state index in [1.807, 2.05) is 6.92 Å². The van der Waals surface area contributed by atoms with E-state index < -0.39 is 5.97 Å². The predicted molar refractivity (Wildman–Crippen MR) is 113 cm³/mol. The van der Waals surface area contributed by atoms with Gasteiger partial charge in [-0.2, -0.15) is 0 Å². The first-order valence-electron chi connectivity index (χ1n) is 10.5. The second-order valence-corrected chi connectivity index (χ2v) is 7.74. The molecule has 2 heterocycles. The van der Waals surface area contributed by atoms with Gasteiger partial charge in [-0.15, -0.1) is 0 Å². The predicted octanol–water partition coefficient (Wildman–Crippen LogP) is 3.25. The maximum atomic E-state index is 13.1. The van der Waals surface area contributed by atoms with E-state index in [0.29, 0.717) is 36.8 Å². The fourth-order valence-electron chi connectivity index (χ4n) is 3.96. The molecule has 0 saturated carbocycles. The highest BCUT2D eigenvalue weighted by molar-refractivity contribution is 6.14. The summed E-state index contributed by atoms with van der Waals surface area (Å²) < 4.78 is 16.3. The van der Waals surface area contributed by atoms with Crippen LogP contribution in [0, 0.1) is 0 Å². The molecule has 0 radical (unpaired) electrons. The van der Waals surface area contributed by atoms with Crippen molar-refractivity contribution in [3.05, 3.63) is 59.2 Å². The summed E-state index contributed by atoms with van der Waals surface area (Å²) in [4.78, 5) is 40.0. The Kier molecular flexibility index (Phi) is 6.21. The second-order valence-electron chi connectivity index (χ2n) is 7.74. The van der Waals surface area contributed by atoms with Crippen molar-refractivity contribution in [2.45, 2.75) is 32.2 Å². The molecule has 4 rings (SSSR count). The van der Waals surface area contributed by atoms with E-state index in [9.17, 15) is 14.4 Å². The molecular formula is C24H25NO6. The van der Waals surface area contributed by atoms with E-state index in [4.69, 9.17) is 14.2 Å². The average molecular weight is 423 g/mol. The number of rotatable bonds is 5. The standard InChI is InChI=1S/C24H25NO6/c1-16-6-4-5-11-25(16)22(26)15-31-24(28)19-8-3-2-7-18(19)23(27)17-9-10-20-21(14-17)30-13-12-29-20/h2-3,7-10,14,16H,4-6,11-13,15H2,1H3/t16-/m1/s1. The van der Waals surface area contributed by atoms with Crippen LogP contribution >= 0.6 is 0 Å². The summed E-state index contributed by atoms with van der Waals surface area (Å²) in [5.41, 5.74) is 0.715. The van der Waals surface area contributed by atoms with Crippen LogP contribution in [-0.2, 0) is 9.53 Å². The summed E-state index contributed by atoms with van der Waals surface area (Å²) in [6.45, 7) is 3.22. The zero-order valence-corrected chi connectivity index (χ0v) is 17.5. The SMILES string of the molecule is C[C@@H]1CCCCN1C(=O)COC(=O)c1ccccc1C(=O)c1ccc2c(c1)OCCO2. The van der Waals surface area contributed by atoms with Gasteiger partial charge in [-0.05, 0) is 50.5 Å². The molecule has 1 atom stereocenters. The van der Waals surface area contributed by atoms with E-state index in [2.05, 4.69) is 0 Å². The Morgan fingerprint density at radius 3 is 2.52 bits per heavy atom. The third-order valence-electron chi connectivity index (χ3n) is 5.65. The van der Waals surface area contributed by atoms with Gasteiger partial charge < -0.3 is 19.1 Å². The van der Waals surface area contributed by atoms with Gasteiger partial charge in [0.15, 0.2) is 23.9 Å². The Morgan fingerprint density at radius 1 is 1.00 bits per heavy atom. The maximum absolute atomic E-state index is 13.1. The number of ether oxygens (including phenoxy) is 3. The van der Waals surface area contributed by atoms with Gasteiger partial charge in [0.05, 0.1) is 5.56 Å². The Morgan fingerprint density at radius 2 is 1.74 bits per heavy atom. The van der Waals surface area contributed by atoms with Crippen molar-refractivity contribution in [1.29, 1.82) is 0 Å². The minimum atomic E-state index is -0.695. The highest BCUT2D eigenvalue weighted by atomic mass is 16.6. The highest BCUT2D eigenvalue weighted by Crippen LogP contribution is 2.31. The Hall–Kier alpha value is -3.35. The first kappa shape index (κ1) is 20.9. The second kappa shape index (κ2) is 9.20. The fraction of sp³-hybridized carbons (Fsp3) is 0.375. The molecule has 2 aromatic rings. The van der Waals surface area contributed by atoms with Crippen LogP contribution in [0.4, 0.5) is 0 Å². The molecule has 0 bridgehead atoms. The number of hydrogen-bond acceptors (Lipinski definition) is 6. The monoisotopic (exact) mass is 423 g/mol. The smallest absolute Gasteiger partial charge is 0.339 e. The number of ketones is 1. The van der Waals surface area contributed by atoms with Crippen LogP contribution < -0.4 is 9.47 Å². The molecule has 7 nitrogen and oxygen atoms in total. The molecular weight excluding hydrogens is 398 g/mol. The number of carbonyl (C=O) groups is 3. The van der Waals surface area contributed by atoms with E-state index in [1.54, 1.807) is 41.3 Å². The van der Waals surface area contributed by atoms with Gasteiger partial charge in [-0.1, -0.05) is 18.2 Å². The van der Waals surface area contributed by atoms with E-state index in [-0.39, 0.29) is 35.5 Å². The Labute approximate surface area is 180 Å². The fourth-order valence-corrected chi connectivity index (χ4v) is 3.96. The maximum Gasteiger partial charge on any atom is 0.339 e. The molecule has 0 N–H and O–H groups in total. The number of esters is 1. The zero-order chi connectivity index (χ0) is 21.8. The Bertz CT molecular complexity index is 1000. The van der Waals surface area contributed by atoms with Gasteiger partial charge in [0.2, 0.25) is 0 Å². The summed E-state index contributed by atoms with van der Waals surface area (Å²) in [5.74, 6) is -0.157. The number of benzene rings is 2. The zero-order valence-electron chi connectivity index (χ0n) is 17.5. The van der Waals surface area contributed by atoms with Crippen LogP contribution in [0.15, 0.2) is 42.5 Å². The minimum absolute atomic E-state index is 0.127. The van der Waals surface area contributed by atoms with Crippen LogP contribution in [0.1, 0.15) is 52.5 Å². The normalized spacial score (nSPS) is 17.7. The molecule has 0 aromatic heterocycles. The van der Waals surface area contributed by atoms with Gasteiger partial charge in [-0.25, -0.2) is 4.79 Å². The number of amides is 1. The van der Waals surface area contributed by atoms with Crippen LogP contribution in [0.5, 0.6) is 11.5 Å². The molecule has 1 amide bonds. The number of piperidine rings is 1. The summed E-state index contributed by atoms with van der Waals surface area (Å²) in [6.07, 6.45) is 3.00. The number of likely N-dealkylation sites (tertiary alicyclic amines) is 1. The average Bonchev–Trinajstić information content (AvgIpc) is 2.81. The van der Waals surface area contributed by atoms with E-state index in [0.717, 1.165) is 19.3 Å². The lowest BCUT2D eigenvalue weighted by molar-refractivity contribution is -0.137. The van der Waals surface area contributed by atoms with Crippen molar-refractivity contribution in [3.8, 4) is 11.5 Å². The first-order chi connectivity index (χ1) is 15.0. The Balaban J connectivity index is 1.48. The van der Waals surface area contributed by atoms with Gasteiger partial charge in [0.25, 0.3) is 5.91 Å². The third-order valence-corrected chi connectivity index (χ3v) is 5.65. The molecule has 1 saturated heterocycles. The quantitative estimate of drug-likeness (QED) is 0.542. The summed E-state index contributed by atoms with van der Waals surface area (Å²) >= 11 is 0. The molecule has 0 aliphatic carbocycles. The molecule has 2 aliphatic heterocycles. The topological polar surface area (TPSA) is 82.1 Å². The van der Waals surface area contributed by atoms with Crippen molar-refractivity contribution < 1.29 is 28.6 Å². The van der Waals surface area contributed by atoms with Crippen molar-refractivity contribution in [1.82, 2.24) is 4.90 Å². The van der Waals surface area contributed by atoms with Gasteiger partial charge in [0.1, 0.15) is 13.2 Å². The van der Waals surface area contributed by atoms with Crippen molar-refractivity contribution in [2.24, 2.45) is 0 Å². The molecule has 2 aliphatic rings. The van der Waals surface area contributed by atoms with Crippen molar-refractivity contribution in [3.63, 3.8) is 0 Å². The van der Waals surface area contributed by atoms with Gasteiger partial charge in [-0.3, -0.25) is 9.59 Å². The molecule has 0 spiro atoms. The van der Waals surface area contributed by atoms with Gasteiger partial charge in [0, 0.05) is 23.7 Å². The molecule has 1 fully saturated rings. The number of hydrogen-bond donors (Lipinski definition) is 0. The lowest BCUT2D eigenvalue weighted by atomic mass is 9.98. The largest absolute Gasteiger partial charge is 0.486 e. The van der Waals surface area contributed by atoms with E-state index >= 15 is 0 Å². The molecule has 162 valence electrons. The number of carbonyl (C=O) groups excluding carboxylic acids is 3. The lowest BCUT2D eigenvalue weighted by Gasteiger charge is -2.33. The lowest BCUT2D eigenvalue weighted by Crippen LogP contribution is -2.44. The third kappa shape index (κ3) is 4.55. The van der Waals surface area contributed by atoms with Crippen LogP contribution in [0.25, 0.3) is 0 Å². The summed E-state index contributed by atoms with van der Waals surface area (Å²) in [5, 5.41) is 0. The molecule has 0 unspecified atom stereocenters. The summed E-state index contributed by atoms with van der Waals surface area (Å²) in [6, 6.07) is 11.5. The summed E-state index contributed by atoms with van der Waals surface area (Å²) in [7, 11) is 0. The molecule has 2 aromatic carbocycles. The minimum Gasteiger partial charge on any atom is -0.486 e. The van der Waals surface area contributed by atoms with Crippen LogP contribution in [-0.4, -0.2) is 55.0 Å².